The third kappa shape index (κ3) is 4.13. The Kier molecular flexibility index (Phi) is 4.20. The molecule has 1 aromatic carbocycles. The van der Waals surface area contributed by atoms with Crippen molar-refractivity contribution >= 4 is 5.91 Å². The normalized spacial score (nSPS) is 13.2. The fourth-order valence-corrected chi connectivity index (χ4v) is 1.22. The van der Waals surface area contributed by atoms with E-state index in [0.717, 1.165) is 0 Å². The number of benzene rings is 1. The van der Waals surface area contributed by atoms with Gasteiger partial charge < -0.3 is 16.2 Å². The molecule has 0 aromatic heterocycles. The van der Waals surface area contributed by atoms with E-state index in [0.29, 0.717) is 5.56 Å². The number of nitrogens with one attached hydrogen (secondary N) is 1. The molecule has 4 nitrogen and oxygen atoms in total. The quantitative estimate of drug-likeness (QED) is 0.725. The van der Waals surface area contributed by atoms with Crippen LogP contribution in [0, 0.1) is 5.82 Å². The summed E-state index contributed by atoms with van der Waals surface area (Å²) >= 11 is 0. The smallest absolute Gasteiger partial charge is 0.239 e. The van der Waals surface area contributed by atoms with E-state index in [1.165, 1.54) is 24.3 Å². The largest absolute Gasteiger partial charge is 0.387 e. The van der Waals surface area contributed by atoms with Crippen molar-refractivity contribution < 1.29 is 14.3 Å². The number of aliphatic hydroxyl groups is 1. The van der Waals surface area contributed by atoms with Crippen LogP contribution in [0.5, 0.6) is 0 Å². The predicted molar refractivity (Wildman–Crippen MR) is 62.6 cm³/mol. The van der Waals surface area contributed by atoms with E-state index in [1.54, 1.807) is 13.8 Å². The average Bonchev–Trinajstić information content (AvgIpc) is 2.25. The Balaban J connectivity index is 2.53. The number of carbonyl (C=O) groups excluding carboxylic acids is 1. The second-order valence-corrected chi connectivity index (χ2v) is 4.50. The number of nitrogens with two attached hydrogens (primary N) is 1. The highest BCUT2D eigenvalue weighted by Gasteiger charge is 2.22. The van der Waals surface area contributed by atoms with Gasteiger partial charge in [-0.2, -0.15) is 0 Å². The Hall–Kier alpha value is -1.46. The Bertz CT molecular complexity index is 384. The highest BCUT2D eigenvalue weighted by Crippen LogP contribution is 2.12. The minimum Gasteiger partial charge on any atom is -0.387 e. The maximum Gasteiger partial charge on any atom is 0.239 e. The fraction of sp³-hybridized carbons (Fsp3) is 0.417. The monoisotopic (exact) mass is 240 g/mol. The zero-order valence-electron chi connectivity index (χ0n) is 9.90. The summed E-state index contributed by atoms with van der Waals surface area (Å²) in [6.07, 6.45) is -0.873. The molecule has 0 aliphatic heterocycles. The molecule has 94 valence electrons. The van der Waals surface area contributed by atoms with Gasteiger partial charge >= 0.3 is 0 Å². The fourth-order valence-electron chi connectivity index (χ4n) is 1.22. The number of halogens is 1. The zero-order valence-corrected chi connectivity index (χ0v) is 9.90. The van der Waals surface area contributed by atoms with Crippen LogP contribution in [-0.4, -0.2) is 23.1 Å². The Morgan fingerprint density at radius 3 is 2.47 bits per heavy atom. The molecule has 4 N–H and O–H groups in total. The molecule has 1 rings (SSSR count). The molecular formula is C12H17FN2O2. The van der Waals surface area contributed by atoms with Crippen LogP contribution < -0.4 is 11.1 Å². The first-order valence-electron chi connectivity index (χ1n) is 5.31. The summed E-state index contributed by atoms with van der Waals surface area (Å²) in [6.45, 7) is 3.20. The first-order valence-corrected chi connectivity index (χ1v) is 5.31. The van der Waals surface area contributed by atoms with E-state index in [9.17, 15) is 14.3 Å². The van der Waals surface area contributed by atoms with Crippen LogP contribution in [0.3, 0.4) is 0 Å². The van der Waals surface area contributed by atoms with Gasteiger partial charge in [0.1, 0.15) is 5.82 Å². The van der Waals surface area contributed by atoms with Crippen molar-refractivity contribution in [3.8, 4) is 0 Å². The van der Waals surface area contributed by atoms with E-state index in [2.05, 4.69) is 5.32 Å². The number of aliphatic hydroxyl groups excluding tert-OH is 1. The molecule has 1 atom stereocenters. The second kappa shape index (κ2) is 5.25. The molecule has 0 heterocycles. The number of rotatable bonds is 4. The van der Waals surface area contributed by atoms with Gasteiger partial charge in [0, 0.05) is 6.54 Å². The van der Waals surface area contributed by atoms with Gasteiger partial charge in [0.05, 0.1) is 11.6 Å². The molecule has 1 amide bonds. The van der Waals surface area contributed by atoms with Crippen LogP contribution in [0.1, 0.15) is 25.5 Å². The maximum atomic E-state index is 12.7. The molecular weight excluding hydrogens is 223 g/mol. The molecule has 5 heteroatoms. The molecule has 1 unspecified atom stereocenters. The first-order chi connectivity index (χ1) is 7.80. The van der Waals surface area contributed by atoms with Gasteiger partial charge in [-0.3, -0.25) is 4.79 Å². The highest BCUT2D eigenvalue weighted by atomic mass is 19.1. The van der Waals surface area contributed by atoms with Crippen molar-refractivity contribution in [3.05, 3.63) is 35.6 Å². The molecule has 0 aliphatic carbocycles. The van der Waals surface area contributed by atoms with Crippen LogP contribution in [0.15, 0.2) is 24.3 Å². The lowest BCUT2D eigenvalue weighted by Crippen LogP contribution is -2.49. The van der Waals surface area contributed by atoms with Gasteiger partial charge in [-0.05, 0) is 31.5 Å². The van der Waals surface area contributed by atoms with Crippen LogP contribution >= 0.6 is 0 Å². The molecule has 0 aliphatic rings. The van der Waals surface area contributed by atoms with Crippen LogP contribution in [0.4, 0.5) is 4.39 Å². The van der Waals surface area contributed by atoms with Crippen molar-refractivity contribution in [2.45, 2.75) is 25.5 Å². The molecule has 0 fully saturated rings. The topological polar surface area (TPSA) is 75.4 Å². The molecule has 0 bridgehead atoms. The summed E-state index contributed by atoms with van der Waals surface area (Å²) in [5, 5.41) is 12.3. The minimum atomic E-state index is -0.984. The van der Waals surface area contributed by atoms with Crippen molar-refractivity contribution in [1.29, 1.82) is 0 Å². The van der Waals surface area contributed by atoms with Crippen molar-refractivity contribution in [2.75, 3.05) is 6.54 Å². The van der Waals surface area contributed by atoms with E-state index in [1.807, 2.05) is 0 Å². The average molecular weight is 240 g/mol. The van der Waals surface area contributed by atoms with Crippen LogP contribution in [0.2, 0.25) is 0 Å². The molecule has 0 radical (unpaired) electrons. The van der Waals surface area contributed by atoms with Crippen LogP contribution in [-0.2, 0) is 4.79 Å². The van der Waals surface area contributed by atoms with Gasteiger partial charge in [-0.1, -0.05) is 12.1 Å². The van der Waals surface area contributed by atoms with E-state index in [-0.39, 0.29) is 18.3 Å². The lowest BCUT2D eigenvalue weighted by molar-refractivity contribution is -0.125. The lowest BCUT2D eigenvalue weighted by Gasteiger charge is -2.19. The number of hydrogen-bond donors (Lipinski definition) is 3. The molecule has 0 saturated heterocycles. The summed E-state index contributed by atoms with van der Waals surface area (Å²) in [5.41, 5.74) is 5.14. The summed E-state index contributed by atoms with van der Waals surface area (Å²) in [6, 6.07) is 5.46. The Morgan fingerprint density at radius 2 is 2.00 bits per heavy atom. The van der Waals surface area contributed by atoms with E-state index >= 15 is 0 Å². The predicted octanol–water partition coefficient (Wildman–Crippen LogP) is 0.713. The third-order valence-corrected chi connectivity index (χ3v) is 2.30. The zero-order chi connectivity index (χ0) is 13.1. The molecule has 1 aromatic rings. The van der Waals surface area contributed by atoms with E-state index in [4.69, 9.17) is 5.73 Å². The summed E-state index contributed by atoms with van der Waals surface area (Å²) in [5.74, 6) is -0.716. The first kappa shape index (κ1) is 13.6. The number of carbonyl (C=O) groups is 1. The van der Waals surface area contributed by atoms with E-state index < -0.39 is 11.6 Å². The SMILES string of the molecule is CC(C)(N)C(=O)NCC(O)c1ccc(F)cc1. The standard InChI is InChI=1S/C12H17FN2O2/c1-12(2,14)11(17)15-7-10(16)8-3-5-9(13)6-4-8/h3-6,10,16H,7,14H2,1-2H3,(H,15,17). The number of amides is 1. The third-order valence-electron chi connectivity index (χ3n) is 2.30. The number of hydrogen-bond acceptors (Lipinski definition) is 3. The highest BCUT2D eigenvalue weighted by molar-refractivity contribution is 5.85. The maximum absolute atomic E-state index is 12.7. The van der Waals surface area contributed by atoms with Crippen molar-refractivity contribution in [2.24, 2.45) is 5.73 Å². The molecule has 17 heavy (non-hydrogen) atoms. The summed E-state index contributed by atoms with van der Waals surface area (Å²) in [7, 11) is 0. The van der Waals surface area contributed by atoms with Gasteiger partial charge in [0.25, 0.3) is 0 Å². The molecule has 0 saturated carbocycles. The van der Waals surface area contributed by atoms with Gasteiger partial charge in [0.2, 0.25) is 5.91 Å². The molecule has 0 spiro atoms. The van der Waals surface area contributed by atoms with Gasteiger partial charge in [0.15, 0.2) is 0 Å². The lowest BCUT2D eigenvalue weighted by atomic mass is 10.1. The minimum absolute atomic E-state index is 0.0467. The Labute approximate surface area is 99.6 Å². The van der Waals surface area contributed by atoms with Crippen molar-refractivity contribution in [3.63, 3.8) is 0 Å². The van der Waals surface area contributed by atoms with Crippen LogP contribution in [0.25, 0.3) is 0 Å². The van der Waals surface area contributed by atoms with Crippen molar-refractivity contribution in [1.82, 2.24) is 5.32 Å². The van der Waals surface area contributed by atoms with Gasteiger partial charge in [-0.25, -0.2) is 4.39 Å². The van der Waals surface area contributed by atoms with Gasteiger partial charge in [-0.15, -0.1) is 0 Å². The second-order valence-electron chi connectivity index (χ2n) is 4.50. The summed E-state index contributed by atoms with van der Waals surface area (Å²) in [4.78, 5) is 11.4. The summed E-state index contributed by atoms with van der Waals surface area (Å²) < 4.78 is 12.7. The Morgan fingerprint density at radius 1 is 1.47 bits per heavy atom.